The Labute approximate surface area is 114 Å². The van der Waals surface area contributed by atoms with Crippen LogP contribution in [0.25, 0.3) is 0 Å². The second-order valence-corrected chi connectivity index (χ2v) is 6.62. The summed E-state index contributed by atoms with van der Waals surface area (Å²) in [7, 11) is -2.15. The average molecular weight is 294 g/mol. The first-order chi connectivity index (χ1) is 8.74. The second kappa shape index (κ2) is 8.11. The van der Waals surface area contributed by atoms with Gasteiger partial charge >= 0.3 is 5.97 Å². The van der Waals surface area contributed by atoms with Crippen molar-refractivity contribution in [1.82, 2.24) is 9.62 Å². The van der Waals surface area contributed by atoms with Crippen LogP contribution in [0.4, 0.5) is 0 Å². The molecule has 19 heavy (non-hydrogen) atoms. The highest BCUT2D eigenvalue weighted by Gasteiger charge is 2.23. The first kappa shape index (κ1) is 17.8. The van der Waals surface area contributed by atoms with E-state index in [0.29, 0.717) is 12.8 Å². The number of nitrogens with zero attached hydrogens (tertiary/aromatic N) is 1. The van der Waals surface area contributed by atoms with E-state index in [1.165, 1.54) is 14.0 Å². The van der Waals surface area contributed by atoms with E-state index < -0.39 is 27.9 Å². The number of hydrogen-bond donors (Lipinski definition) is 2. The maximum Gasteiger partial charge on any atom is 0.326 e. The molecule has 0 rings (SSSR count). The van der Waals surface area contributed by atoms with Gasteiger partial charge in [-0.15, -0.1) is 0 Å². The quantitative estimate of drug-likeness (QED) is 0.624. The van der Waals surface area contributed by atoms with Crippen LogP contribution in [0, 0.1) is 0 Å². The van der Waals surface area contributed by atoms with Crippen molar-refractivity contribution in [3.05, 3.63) is 0 Å². The van der Waals surface area contributed by atoms with Gasteiger partial charge in [-0.1, -0.05) is 19.8 Å². The molecule has 1 amide bonds. The molecule has 7 nitrogen and oxygen atoms in total. The summed E-state index contributed by atoms with van der Waals surface area (Å²) >= 11 is 0. The van der Waals surface area contributed by atoms with Crippen molar-refractivity contribution < 1.29 is 23.1 Å². The van der Waals surface area contributed by atoms with Crippen LogP contribution in [0.1, 0.15) is 33.1 Å². The number of carbonyl (C=O) groups excluding carboxylic acids is 1. The van der Waals surface area contributed by atoms with Crippen LogP contribution in [0.15, 0.2) is 0 Å². The number of likely N-dealkylation sites (N-methyl/N-ethyl adjacent to an activating group) is 1. The first-order valence-corrected chi connectivity index (χ1v) is 7.81. The lowest BCUT2D eigenvalue weighted by atomic mass is 10.1. The summed E-state index contributed by atoms with van der Waals surface area (Å²) in [4.78, 5) is 22.5. The minimum atomic E-state index is -3.44. The average Bonchev–Trinajstić information content (AvgIpc) is 2.33. The molecule has 0 saturated carbocycles. The Hall–Kier alpha value is -1.15. The third kappa shape index (κ3) is 6.53. The standard InChI is InChI=1S/C11H22N2O5S/c1-4-6-7-9(11(15)16)12-10(14)8-13(3)19(17,18)5-2/h9H,4-8H2,1-3H3,(H,12,14)(H,15,16). The molecule has 0 fully saturated rings. The van der Waals surface area contributed by atoms with E-state index >= 15 is 0 Å². The highest BCUT2D eigenvalue weighted by molar-refractivity contribution is 7.89. The van der Waals surface area contributed by atoms with Crippen LogP contribution >= 0.6 is 0 Å². The summed E-state index contributed by atoms with van der Waals surface area (Å²) in [5.74, 6) is -1.82. The van der Waals surface area contributed by atoms with Gasteiger partial charge in [0.25, 0.3) is 0 Å². The Morgan fingerprint density at radius 1 is 1.32 bits per heavy atom. The molecular formula is C11H22N2O5S. The maximum absolute atomic E-state index is 11.6. The van der Waals surface area contributed by atoms with Gasteiger partial charge in [0, 0.05) is 7.05 Å². The molecule has 0 spiro atoms. The van der Waals surface area contributed by atoms with Crippen molar-refractivity contribution in [3.8, 4) is 0 Å². The lowest BCUT2D eigenvalue weighted by Crippen LogP contribution is -2.46. The van der Waals surface area contributed by atoms with Gasteiger partial charge in [-0.25, -0.2) is 13.2 Å². The summed E-state index contributed by atoms with van der Waals surface area (Å²) in [5.41, 5.74) is 0. The zero-order valence-corrected chi connectivity index (χ0v) is 12.4. The number of amides is 1. The molecule has 112 valence electrons. The van der Waals surface area contributed by atoms with Crippen molar-refractivity contribution in [2.24, 2.45) is 0 Å². The summed E-state index contributed by atoms with van der Waals surface area (Å²) in [6, 6.07) is -0.967. The Morgan fingerprint density at radius 2 is 1.89 bits per heavy atom. The van der Waals surface area contributed by atoms with E-state index in [2.05, 4.69) is 5.32 Å². The number of hydrogen-bond acceptors (Lipinski definition) is 4. The van der Waals surface area contributed by atoms with Crippen LogP contribution in [-0.4, -0.2) is 55.1 Å². The van der Waals surface area contributed by atoms with E-state index in [9.17, 15) is 18.0 Å². The lowest BCUT2D eigenvalue weighted by Gasteiger charge is -2.18. The smallest absolute Gasteiger partial charge is 0.326 e. The predicted molar refractivity (Wildman–Crippen MR) is 71.2 cm³/mol. The molecule has 0 aromatic rings. The SMILES string of the molecule is CCCCC(NC(=O)CN(C)S(=O)(=O)CC)C(=O)O. The molecule has 0 saturated heterocycles. The lowest BCUT2D eigenvalue weighted by molar-refractivity contribution is -0.142. The number of carboxylic acid groups (broad SMARTS) is 1. The summed E-state index contributed by atoms with van der Waals surface area (Å²) in [6.45, 7) is 3.03. The molecule has 2 N–H and O–H groups in total. The van der Waals surface area contributed by atoms with Crippen molar-refractivity contribution in [1.29, 1.82) is 0 Å². The zero-order valence-electron chi connectivity index (χ0n) is 11.5. The molecule has 0 aromatic carbocycles. The van der Waals surface area contributed by atoms with Gasteiger partial charge in [0.05, 0.1) is 12.3 Å². The molecule has 1 unspecified atom stereocenters. The number of aliphatic carboxylic acids is 1. The van der Waals surface area contributed by atoms with E-state index in [1.807, 2.05) is 6.92 Å². The number of sulfonamides is 1. The fraction of sp³-hybridized carbons (Fsp3) is 0.818. The second-order valence-electron chi connectivity index (χ2n) is 4.26. The van der Waals surface area contributed by atoms with Gasteiger partial charge in [-0.05, 0) is 13.3 Å². The Kier molecular flexibility index (Phi) is 7.62. The van der Waals surface area contributed by atoms with E-state index in [-0.39, 0.29) is 12.3 Å². The monoisotopic (exact) mass is 294 g/mol. The van der Waals surface area contributed by atoms with Gasteiger partial charge in [-0.2, -0.15) is 4.31 Å². The zero-order chi connectivity index (χ0) is 15.1. The Balaban J connectivity index is 4.46. The minimum Gasteiger partial charge on any atom is -0.480 e. The number of unbranched alkanes of at least 4 members (excludes halogenated alkanes) is 1. The van der Waals surface area contributed by atoms with Crippen molar-refractivity contribution >= 4 is 21.9 Å². The van der Waals surface area contributed by atoms with Gasteiger partial charge in [0.15, 0.2) is 0 Å². The number of carbonyl (C=O) groups is 2. The van der Waals surface area contributed by atoms with Crippen LogP contribution in [-0.2, 0) is 19.6 Å². The third-order valence-electron chi connectivity index (χ3n) is 2.69. The largest absolute Gasteiger partial charge is 0.480 e. The summed E-state index contributed by atoms with van der Waals surface area (Å²) in [6.07, 6.45) is 1.84. The van der Waals surface area contributed by atoms with E-state index in [4.69, 9.17) is 5.11 Å². The van der Waals surface area contributed by atoms with E-state index in [0.717, 1.165) is 10.7 Å². The molecule has 0 aliphatic carbocycles. The van der Waals surface area contributed by atoms with Crippen molar-refractivity contribution in [2.75, 3.05) is 19.3 Å². The molecule has 0 aliphatic rings. The first-order valence-electron chi connectivity index (χ1n) is 6.20. The predicted octanol–water partition coefficient (Wildman–Crippen LogP) is 0.0275. The Bertz CT molecular complexity index is 407. The number of carboxylic acids is 1. The number of rotatable bonds is 9. The minimum absolute atomic E-state index is 0.102. The normalized spacial score (nSPS) is 13.3. The van der Waals surface area contributed by atoms with Crippen LogP contribution < -0.4 is 5.32 Å². The fourth-order valence-electron chi connectivity index (χ4n) is 1.43. The molecular weight excluding hydrogens is 272 g/mol. The summed E-state index contributed by atoms with van der Waals surface area (Å²) < 4.78 is 23.8. The van der Waals surface area contributed by atoms with Crippen molar-refractivity contribution in [2.45, 2.75) is 39.2 Å². The molecule has 0 aromatic heterocycles. The van der Waals surface area contributed by atoms with E-state index in [1.54, 1.807) is 0 Å². The molecule has 1 atom stereocenters. The Morgan fingerprint density at radius 3 is 2.32 bits per heavy atom. The van der Waals surface area contributed by atoms with Crippen molar-refractivity contribution in [3.63, 3.8) is 0 Å². The van der Waals surface area contributed by atoms with Gasteiger partial charge < -0.3 is 10.4 Å². The van der Waals surface area contributed by atoms with Crippen LogP contribution in [0.5, 0.6) is 0 Å². The highest BCUT2D eigenvalue weighted by Crippen LogP contribution is 2.02. The molecule has 0 bridgehead atoms. The molecule has 0 aliphatic heterocycles. The maximum atomic E-state index is 11.6. The van der Waals surface area contributed by atoms with Gasteiger partial charge in [0.1, 0.15) is 6.04 Å². The topological polar surface area (TPSA) is 104 Å². The van der Waals surface area contributed by atoms with Gasteiger partial charge in [-0.3, -0.25) is 4.79 Å². The van der Waals surface area contributed by atoms with Crippen LogP contribution in [0.2, 0.25) is 0 Å². The summed E-state index contributed by atoms with van der Waals surface area (Å²) in [5, 5.41) is 11.3. The number of nitrogens with one attached hydrogen (secondary N) is 1. The molecule has 0 radical (unpaired) electrons. The highest BCUT2D eigenvalue weighted by atomic mass is 32.2. The van der Waals surface area contributed by atoms with Crippen LogP contribution in [0.3, 0.4) is 0 Å². The fourth-order valence-corrected chi connectivity index (χ4v) is 2.18. The molecule has 0 heterocycles. The van der Waals surface area contributed by atoms with Gasteiger partial charge in [0.2, 0.25) is 15.9 Å². The third-order valence-corrected chi connectivity index (χ3v) is 4.49. The molecule has 8 heteroatoms.